The van der Waals surface area contributed by atoms with E-state index in [4.69, 9.17) is 11.6 Å². The number of halogens is 1. The Morgan fingerprint density at radius 2 is 2.13 bits per heavy atom. The molecule has 7 nitrogen and oxygen atoms in total. The number of anilines is 1. The molecule has 116 valence electrons. The number of hydrogen-bond acceptors (Lipinski definition) is 4. The minimum absolute atomic E-state index is 0.0104. The second-order valence-corrected chi connectivity index (χ2v) is 5.38. The SMILES string of the molecule is Cc1ccn2cc(C(=O)Nc3ccc(Cl)c([N+](=O)[O-])c3)nc2c1. The van der Waals surface area contributed by atoms with E-state index in [0.29, 0.717) is 5.65 Å². The maximum Gasteiger partial charge on any atom is 0.289 e. The quantitative estimate of drug-likeness (QED) is 0.588. The van der Waals surface area contributed by atoms with Gasteiger partial charge in [-0.1, -0.05) is 11.6 Å². The molecule has 2 aromatic heterocycles. The van der Waals surface area contributed by atoms with Crippen molar-refractivity contribution in [2.75, 3.05) is 5.32 Å². The summed E-state index contributed by atoms with van der Waals surface area (Å²) in [7, 11) is 0. The first-order chi connectivity index (χ1) is 10.9. The molecular weight excluding hydrogens is 320 g/mol. The first-order valence-corrected chi connectivity index (χ1v) is 7.02. The maximum absolute atomic E-state index is 12.2. The predicted molar refractivity (Wildman–Crippen MR) is 86.0 cm³/mol. The van der Waals surface area contributed by atoms with Gasteiger partial charge in [-0.25, -0.2) is 4.98 Å². The van der Waals surface area contributed by atoms with Crippen molar-refractivity contribution < 1.29 is 9.72 Å². The highest BCUT2D eigenvalue weighted by molar-refractivity contribution is 6.32. The number of nitrogens with zero attached hydrogens (tertiary/aromatic N) is 3. The van der Waals surface area contributed by atoms with Crippen LogP contribution in [0.5, 0.6) is 0 Å². The van der Waals surface area contributed by atoms with E-state index in [-0.39, 0.29) is 22.1 Å². The third-order valence-electron chi connectivity index (χ3n) is 3.25. The molecule has 0 radical (unpaired) electrons. The number of rotatable bonds is 3. The molecule has 23 heavy (non-hydrogen) atoms. The minimum atomic E-state index is -0.605. The average molecular weight is 331 g/mol. The molecule has 0 saturated carbocycles. The predicted octanol–water partition coefficient (Wildman–Crippen LogP) is 3.46. The molecule has 8 heteroatoms. The summed E-state index contributed by atoms with van der Waals surface area (Å²) >= 11 is 5.74. The molecule has 0 aliphatic rings. The van der Waals surface area contributed by atoms with Crippen LogP contribution in [0.3, 0.4) is 0 Å². The van der Waals surface area contributed by atoms with E-state index in [1.54, 1.807) is 10.6 Å². The molecule has 2 heterocycles. The number of nitro benzene ring substituents is 1. The zero-order chi connectivity index (χ0) is 16.6. The van der Waals surface area contributed by atoms with E-state index in [1.807, 2.05) is 25.3 Å². The van der Waals surface area contributed by atoms with Crippen molar-refractivity contribution in [1.82, 2.24) is 9.38 Å². The summed E-state index contributed by atoms with van der Waals surface area (Å²) in [5.74, 6) is -0.456. The summed E-state index contributed by atoms with van der Waals surface area (Å²) in [5, 5.41) is 13.5. The van der Waals surface area contributed by atoms with Crippen LogP contribution in [0.15, 0.2) is 42.7 Å². The van der Waals surface area contributed by atoms with Gasteiger partial charge in [0.05, 0.1) is 4.92 Å². The number of amides is 1. The van der Waals surface area contributed by atoms with Crippen LogP contribution in [0, 0.1) is 17.0 Å². The molecule has 0 bridgehead atoms. The first kappa shape index (κ1) is 15.0. The van der Waals surface area contributed by atoms with E-state index in [2.05, 4.69) is 10.3 Å². The average Bonchev–Trinajstić information content (AvgIpc) is 2.92. The Kier molecular flexibility index (Phi) is 3.71. The van der Waals surface area contributed by atoms with Crippen LogP contribution in [0.1, 0.15) is 16.1 Å². The fourth-order valence-corrected chi connectivity index (χ4v) is 2.31. The standard InChI is InChI=1S/C15H11ClN4O3/c1-9-4-5-19-8-12(18-14(19)6-9)15(21)17-10-2-3-11(16)13(7-10)20(22)23/h2-8H,1H3,(H,17,21). The molecule has 3 aromatic rings. The second kappa shape index (κ2) is 5.69. The van der Waals surface area contributed by atoms with Crippen LogP contribution in [0.25, 0.3) is 5.65 Å². The van der Waals surface area contributed by atoms with Gasteiger partial charge in [0.15, 0.2) is 0 Å². The Balaban J connectivity index is 1.88. The Morgan fingerprint density at radius 1 is 1.35 bits per heavy atom. The van der Waals surface area contributed by atoms with Gasteiger partial charge in [0.1, 0.15) is 16.4 Å². The summed E-state index contributed by atoms with van der Waals surface area (Å²) in [4.78, 5) is 26.7. The van der Waals surface area contributed by atoms with Crippen molar-refractivity contribution in [3.05, 3.63) is 69.1 Å². The van der Waals surface area contributed by atoms with Gasteiger partial charge >= 0.3 is 0 Å². The normalized spacial score (nSPS) is 10.7. The molecule has 0 atom stereocenters. The first-order valence-electron chi connectivity index (χ1n) is 6.65. The molecule has 0 saturated heterocycles. The Bertz CT molecular complexity index is 936. The van der Waals surface area contributed by atoms with E-state index >= 15 is 0 Å². The van der Waals surface area contributed by atoms with Gasteiger partial charge in [-0.3, -0.25) is 14.9 Å². The second-order valence-electron chi connectivity index (χ2n) is 4.97. The molecule has 1 amide bonds. The van der Waals surface area contributed by atoms with Crippen LogP contribution >= 0.6 is 11.6 Å². The molecule has 1 aromatic carbocycles. The van der Waals surface area contributed by atoms with Crippen molar-refractivity contribution in [2.24, 2.45) is 0 Å². The van der Waals surface area contributed by atoms with Crippen molar-refractivity contribution in [2.45, 2.75) is 6.92 Å². The van der Waals surface area contributed by atoms with Crippen LogP contribution in [-0.2, 0) is 0 Å². The van der Waals surface area contributed by atoms with Gasteiger partial charge in [-0.15, -0.1) is 0 Å². The summed E-state index contributed by atoms with van der Waals surface area (Å²) in [6, 6.07) is 7.82. The topological polar surface area (TPSA) is 89.5 Å². The summed E-state index contributed by atoms with van der Waals surface area (Å²) < 4.78 is 1.73. The Hall–Kier alpha value is -2.93. The lowest BCUT2D eigenvalue weighted by molar-refractivity contribution is -0.384. The lowest BCUT2D eigenvalue weighted by Crippen LogP contribution is -2.12. The number of nitrogens with one attached hydrogen (secondary N) is 1. The monoisotopic (exact) mass is 330 g/mol. The van der Waals surface area contributed by atoms with Crippen LogP contribution in [0.4, 0.5) is 11.4 Å². The number of carbonyl (C=O) groups excluding carboxylic acids is 1. The van der Waals surface area contributed by atoms with Gasteiger partial charge in [0.2, 0.25) is 0 Å². The highest BCUT2D eigenvalue weighted by Gasteiger charge is 2.16. The van der Waals surface area contributed by atoms with Gasteiger partial charge in [0.25, 0.3) is 11.6 Å². The molecule has 0 unspecified atom stereocenters. The maximum atomic E-state index is 12.2. The number of benzene rings is 1. The zero-order valence-corrected chi connectivity index (χ0v) is 12.7. The molecule has 0 aliphatic carbocycles. The van der Waals surface area contributed by atoms with E-state index in [0.717, 1.165) is 5.56 Å². The molecular formula is C15H11ClN4O3. The third kappa shape index (κ3) is 3.00. The van der Waals surface area contributed by atoms with E-state index < -0.39 is 10.8 Å². The van der Waals surface area contributed by atoms with Gasteiger partial charge in [-0.05, 0) is 36.8 Å². The number of aryl methyl sites for hydroxylation is 1. The summed E-state index contributed by atoms with van der Waals surface area (Å²) in [6.45, 7) is 1.93. The number of hydrogen-bond donors (Lipinski definition) is 1. The van der Waals surface area contributed by atoms with Crippen molar-refractivity contribution in [3.8, 4) is 0 Å². The molecule has 1 N–H and O–H groups in total. The Labute approximate surface area is 135 Å². The third-order valence-corrected chi connectivity index (χ3v) is 3.57. The fourth-order valence-electron chi connectivity index (χ4n) is 2.12. The number of imidazole rings is 1. The molecule has 0 aliphatic heterocycles. The smallest absolute Gasteiger partial charge is 0.289 e. The number of nitro groups is 1. The minimum Gasteiger partial charge on any atom is -0.320 e. The lowest BCUT2D eigenvalue weighted by atomic mass is 10.2. The van der Waals surface area contributed by atoms with Gasteiger partial charge in [-0.2, -0.15) is 0 Å². The Morgan fingerprint density at radius 3 is 2.87 bits per heavy atom. The van der Waals surface area contributed by atoms with E-state index in [9.17, 15) is 14.9 Å². The largest absolute Gasteiger partial charge is 0.320 e. The number of carbonyl (C=O) groups is 1. The van der Waals surface area contributed by atoms with Gasteiger partial charge in [0, 0.05) is 24.1 Å². The molecule has 0 fully saturated rings. The van der Waals surface area contributed by atoms with Gasteiger partial charge < -0.3 is 9.72 Å². The van der Waals surface area contributed by atoms with Crippen LogP contribution < -0.4 is 5.32 Å². The fraction of sp³-hybridized carbons (Fsp3) is 0.0667. The van der Waals surface area contributed by atoms with Crippen LogP contribution in [-0.4, -0.2) is 20.2 Å². The number of pyridine rings is 1. The zero-order valence-electron chi connectivity index (χ0n) is 12.0. The summed E-state index contributed by atoms with van der Waals surface area (Å²) in [5.41, 5.74) is 1.91. The van der Waals surface area contributed by atoms with Crippen LogP contribution in [0.2, 0.25) is 5.02 Å². The number of aromatic nitrogens is 2. The molecule has 3 rings (SSSR count). The van der Waals surface area contributed by atoms with Crippen molar-refractivity contribution >= 4 is 34.5 Å². The highest BCUT2D eigenvalue weighted by Crippen LogP contribution is 2.27. The lowest BCUT2D eigenvalue weighted by Gasteiger charge is -2.03. The molecule has 0 spiro atoms. The number of fused-ring (bicyclic) bond motifs is 1. The van der Waals surface area contributed by atoms with Crippen molar-refractivity contribution in [1.29, 1.82) is 0 Å². The highest BCUT2D eigenvalue weighted by atomic mass is 35.5. The summed E-state index contributed by atoms with van der Waals surface area (Å²) in [6.07, 6.45) is 3.40. The van der Waals surface area contributed by atoms with E-state index in [1.165, 1.54) is 18.2 Å². The van der Waals surface area contributed by atoms with Crippen molar-refractivity contribution in [3.63, 3.8) is 0 Å².